The van der Waals surface area contributed by atoms with E-state index in [1.807, 2.05) is 0 Å². The molecule has 3 atom stereocenters. The largest absolute Gasteiger partial charge is 0.480 e. The van der Waals surface area contributed by atoms with Gasteiger partial charge < -0.3 is 25.0 Å². The lowest BCUT2D eigenvalue weighted by Gasteiger charge is -2.38. The highest BCUT2D eigenvalue weighted by atomic mass is 19.4. The Hall–Kier alpha value is -5.38. The maximum absolute atomic E-state index is 15.4. The number of hydrogen-bond donors (Lipinski definition) is 2. The normalized spacial score (nSPS) is 19.0. The number of carboxylic acid groups (broad SMARTS) is 1. The first-order valence-electron chi connectivity index (χ1n) is 14.7. The number of amides is 2. The molecule has 5 heterocycles. The molecule has 48 heavy (non-hydrogen) atoms. The van der Waals surface area contributed by atoms with Crippen LogP contribution in [0, 0.1) is 12.7 Å². The van der Waals surface area contributed by atoms with Gasteiger partial charge in [-0.05, 0) is 48.4 Å². The van der Waals surface area contributed by atoms with Crippen LogP contribution in [0.15, 0.2) is 55.0 Å². The van der Waals surface area contributed by atoms with E-state index in [1.165, 1.54) is 66.2 Å². The van der Waals surface area contributed by atoms with Gasteiger partial charge in [-0.15, -0.1) is 0 Å². The fourth-order valence-corrected chi connectivity index (χ4v) is 6.20. The Labute approximate surface area is 269 Å². The van der Waals surface area contributed by atoms with Gasteiger partial charge in [0.15, 0.2) is 5.78 Å². The number of carboxylic acids is 1. The van der Waals surface area contributed by atoms with Crippen molar-refractivity contribution < 1.29 is 46.6 Å². The number of rotatable bonds is 7. The van der Waals surface area contributed by atoms with Crippen molar-refractivity contribution in [3.63, 3.8) is 0 Å². The van der Waals surface area contributed by atoms with E-state index in [2.05, 4.69) is 15.4 Å². The SMILES string of the molecule is Cc1cc(N2CCOC[C@@H]2C(F)(F)F)cc(F)c1C(=O)N[C@@H](Cc1ccc(C2C(=O)c3ccncc3N(C)C2=O)n2nccc12)C(=O)O. The number of nitrogens with zero attached hydrogens (tertiary/aromatic N) is 5. The molecule has 12 nitrogen and oxygen atoms in total. The lowest BCUT2D eigenvalue weighted by atomic mass is 9.88. The fraction of sp³-hybridized carbons (Fsp3) is 0.312. The lowest BCUT2D eigenvalue weighted by Crippen LogP contribution is -2.53. The van der Waals surface area contributed by atoms with E-state index in [4.69, 9.17) is 4.74 Å². The second-order valence-corrected chi connectivity index (χ2v) is 11.5. The fourth-order valence-electron chi connectivity index (χ4n) is 6.20. The zero-order valence-electron chi connectivity index (χ0n) is 25.5. The van der Waals surface area contributed by atoms with Gasteiger partial charge >= 0.3 is 12.1 Å². The smallest absolute Gasteiger partial charge is 0.411 e. The van der Waals surface area contributed by atoms with E-state index < -0.39 is 65.7 Å². The summed E-state index contributed by atoms with van der Waals surface area (Å²) in [7, 11) is 1.52. The number of carbonyl (C=O) groups excluding carboxylic acids is 3. The number of carbonyl (C=O) groups is 4. The molecule has 0 radical (unpaired) electrons. The van der Waals surface area contributed by atoms with Crippen LogP contribution in [0.1, 0.15) is 43.5 Å². The van der Waals surface area contributed by atoms with Gasteiger partial charge in [-0.3, -0.25) is 19.4 Å². The van der Waals surface area contributed by atoms with Crippen LogP contribution in [0.3, 0.4) is 0 Å². The quantitative estimate of drug-likeness (QED) is 0.224. The number of benzene rings is 1. The second kappa shape index (κ2) is 12.3. The van der Waals surface area contributed by atoms with Crippen molar-refractivity contribution in [1.82, 2.24) is 19.9 Å². The molecule has 2 aliphatic rings. The zero-order chi connectivity index (χ0) is 34.5. The summed E-state index contributed by atoms with van der Waals surface area (Å²) < 4.78 is 62.5. The van der Waals surface area contributed by atoms with Crippen molar-refractivity contribution in [3.8, 4) is 0 Å². The van der Waals surface area contributed by atoms with Gasteiger partial charge in [-0.2, -0.15) is 18.3 Å². The summed E-state index contributed by atoms with van der Waals surface area (Å²) in [4.78, 5) is 58.6. The van der Waals surface area contributed by atoms with Crippen LogP contribution in [0.2, 0.25) is 0 Å². The number of aryl methyl sites for hydroxylation is 1. The lowest BCUT2D eigenvalue weighted by molar-refractivity contribution is -0.167. The topological polar surface area (TPSA) is 146 Å². The monoisotopic (exact) mass is 668 g/mol. The Balaban J connectivity index is 1.26. The molecule has 0 saturated carbocycles. The predicted molar refractivity (Wildman–Crippen MR) is 162 cm³/mol. The van der Waals surface area contributed by atoms with E-state index in [1.54, 1.807) is 6.07 Å². The van der Waals surface area contributed by atoms with E-state index in [0.29, 0.717) is 22.3 Å². The average molecular weight is 669 g/mol. The molecule has 1 fully saturated rings. The van der Waals surface area contributed by atoms with Crippen LogP contribution < -0.4 is 15.1 Å². The van der Waals surface area contributed by atoms with E-state index >= 15 is 4.39 Å². The molecule has 2 N–H and O–H groups in total. The standard InChI is InChI=1S/C32H28F4N6O6/c1-16-11-18(41-9-10-48-15-25(41)32(34,35)36)13-20(33)26(16)29(44)39-21(31(46)47)12-17-3-4-23(42-22(17)6-8-38-42)27-28(43)19-5-7-37-14-24(19)40(2)30(27)45/h3-8,11,13-14,21,25,27H,9-10,12,15H2,1-2H3,(H,39,44)(H,46,47)/t21-,25+,27?/m0/s1. The summed E-state index contributed by atoms with van der Waals surface area (Å²) in [5.74, 6) is -5.84. The van der Waals surface area contributed by atoms with Crippen LogP contribution >= 0.6 is 0 Å². The van der Waals surface area contributed by atoms with Crippen molar-refractivity contribution in [2.45, 2.75) is 37.5 Å². The number of anilines is 2. The number of halogens is 4. The first-order chi connectivity index (χ1) is 22.8. The number of nitrogens with one attached hydrogen (secondary N) is 1. The minimum absolute atomic E-state index is 0.00277. The van der Waals surface area contributed by atoms with Crippen LogP contribution in [0.25, 0.3) is 5.52 Å². The molecule has 3 aromatic heterocycles. The molecule has 16 heteroatoms. The molecule has 4 aromatic rings. The maximum atomic E-state index is 15.4. The van der Waals surface area contributed by atoms with E-state index in [-0.39, 0.29) is 36.5 Å². The van der Waals surface area contributed by atoms with E-state index in [9.17, 15) is 37.5 Å². The van der Waals surface area contributed by atoms with Gasteiger partial charge in [0.05, 0.1) is 41.9 Å². The molecule has 0 bridgehead atoms. The van der Waals surface area contributed by atoms with Crippen molar-refractivity contribution in [3.05, 3.63) is 88.8 Å². The number of aromatic nitrogens is 3. The third kappa shape index (κ3) is 5.72. The van der Waals surface area contributed by atoms with E-state index in [0.717, 1.165) is 11.0 Å². The number of alkyl halides is 3. The third-order valence-electron chi connectivity index (χ3n) is 8.60. The van der Waals surface area contributed by atoms with Gasteiger partial charge in [-0.1, -0.05) is 6.07 Å². The molecule has 250 valence electrons. The van der Waals surface area contributed by atoms with Crippen molar-refractivity contribution in [2.75, 3.05) is 36.6 Å². The summed E-state index contributed by atoms with van der Waals surface area (Å²) in [5, 5.41) is 16.6. The Morgan fingerprint density at radius 2 is 1.92 bits per heavy atom. The van der Waals surface area contributed by atoms with Crippen molar-refractivity contribution in [1.29, 1.82) is 0 Å². The first kappa shape index (κ1) is 32.6. The molecule has 2 aliphatic heterocycles. The highest BCUT2D eigenvalue weighted by Crippen LogP contribution is 2.35. The summed E-state index contributed by atoms with van der Waals surface area (Å²) in [5.41, 5.74) is 1.06. The summed E-state index contributed by atoms with van der Waals surface area (Å²) in [6, 6.07) is 4.57. The second-order valence-electron chi connectivity index (χ2n) is 11.5. The maximum Gasteiger partial charge on any atom is 0.411 e. The summed E-state index contributed by atoms with van der Waals surface area (Å²) >= 11 is 0. The van der Waals surface area contributed by atoms with Crippen LogP contribution in [-0.4, -0.2) is 88.3 Å². The predicted octanol–water partition coefficient (Wildman–Crippen LogP) is 3.31. The number of aliphatic carboxylic acids is 1. The number of ether oxygens (including phenoxy) is 1. The average Bonchev–Trinajstić information content (AvgIpc) is 3.54. The van der Waals surface area contributed by atoms with Crippen LogP contribution in [-0.2, 0) is 20.7 Å². The highest BCUT2D eigenvalue weighted by molar-refractivity contribution is 6.24. The molecule has 6 rings (SSSR count). The van der Waals surface area contributed by atoms with Crippen molar-refractivity contribution >= 4 is 40.5 Å². The Morgan fingerprint density at radius 3 is 2.62 bits per heavy atom. The van der Waals surface area contributed by atoms with Gasteiger partial charge in [0.2, 0.25) is 5.91 Å². The number of Topliss-reactive ketones (excluding diaryl/α,β-unsaturated/α-hetero) is 1. The van der Waals surface area contributed by atoms with Gasteiger partial charge in [0, 0.05) is 43.7 Å². The Bertz CT molecular complexity index is 1940. The van der Waals surface area contributed by atoms with Gasteiger partial charge in [-0.25, -0.2) is 13.7 Å². The Kier molecular flexibility index (Phi) is 8.37. The molecule has 0 aliphatic carbocycles. The molecule has 1 aromatic carbocycles. The number of fused-ring (bicyclic) bond motifs is 2. The molecule has 2 amide bonds. The molecular weight excluding hydrogens is 640 g/mol. The molecule has 0 spiro atoms. The van der Waals surface area contributed by atoms with Crippen LogP contribution in [0.4, 0.5) is 28.9 Å². The number of ketones is 1. The first-order valence-corrected chi connectivity index (χ1v) is 14.7. The molecule has 1 unspecified atom stereocenters. The summed E-state index contributed by atoms with van der Waals surface area (Å²) in [6.07, 6.45) is -0.663. The number of hydrogen-bond acceptors (Lipinski definition) is 8. The summed E-state index contributed by atoms with van der Waals surface area (Å²) in [6.45, 7) is 0.558. The van der Waals surface area contributed by atoms with Crippen LogP contribution in [0.5, 0.6) is 0 Å². The Morgan fingerprint density at radius 1 is 1.15 bits per heavy atom. The minimum Gasteiger partial charge on any atom is -0.480 e. The van der Waals surface area contributed by atoms with Crippen molar-refractivity contribution in [2.24, 2.45) is 0 Å². The number of likely N-dealkylation sites (N-methyl/N-ethyl adjacent to an activating group) is 1. The third-order valence-corrected chi connectivity index (χ3v) is 8.60. The highest BCUT2D eigenvalue weighted by Gasteiger charge is 2.46. The van der Waals surface area contributed by atoms with Gasteiger partial charge in [0.25, 0.3) is 5.91 Å². The van der Waals surface area contributed by atoms with Gasteiger partial charge in [0.1, 0.15) is 23.8 Å². The number of morpholine rings is 1. The molecular formula is C32H28F4N6O6. The zero-order valence-corrected chi connectivity index (χ0v) is 25.5. The minimum atomic E-state index is -4.64. The number of pyridine rings is 2. The molecule has 1 saturated heterocycles.